The Hall–Kier alpha value is 0.364. The molecule has 0 aliphatic rings. The molecule has 0 atom stereocenters. The van der Waals surface area contributed by atoms with Gasteiger partial charge in [0.1, 0.15) is 0 Å². The molecule has 1 radical (unpaired) electrons. The van der Waals surface area contributed by atoms with Gasteiger partial charge in [0.25, 0.3) is 0 Å². The summed E-state index contributed by atoms with van der Waals surface area (Å²) in [5, 5.41) is 3.51. The average molecular weight is 447 g/mol. The van der Waals surface area contributed by atoms with Gasteiger partial charge in [0.2, 0.25) is 0 Å². The molecule has 0 amide bonds. The summed E-state index contributed by atoms with van der Waals surface area (Å²) in [5.41, 5.74) is 1.30. The third-order valence-electron chi connectivity index (χ3n) is 2.48. The number of benzene rings is 1. The van der Waals surface area contributed by atoms with Crippen molar-refractivity contribution in [2.75, 3.05) is 6.54 Å². The van der Waals surface area contributed by atoms with Gasteiger partial charge in [-0.25, -0.2) is 0 Å². The molecule has 0 saturated carbocycles. The Morgan fingerprint density at radius 1 is 1.04 bits per heavy atom. The van der Waals surface area contributed by atoms with E-state index >= 15 is 0 Å². The Labute approximate surface area is 178 Å². The molecule has 1 nitrogen and oxygen atoms in total. The number of hydrogen-bond acceptors (Lipinski definition) is 1. The second-order valence-electron chi connectivity index (χ2n) is 5.18. The summed E-state index contributed by atoms with van der Waals surface area (Å²) in [5.74, 6) is 0.568. The fraction of sp³-hybridized carbons (Fsp3) is 0.667. The topological polar surface area (TPSA) is 12.0 Å². The van der Waals surface area contributed by atoms with Crippen molar-refractivity contribution in [1.82, 2.24) is 5.32 Å². The van der Waals surface area contributed by atoms with Gasteiger partial charge in [-0.1, -0.05) is 73.7 Å². The summed E-state index contributed by atoms with van der Waals surface area (Å²) in [4.78, 5) is 0. The van der Waals surface area contributed by atoms with Gasteiger partial charge in [-0.3, -0.25) is 0 Å². The minimum Gasteiger partial charge on any atom is -0.314 e. The summed E-state index contributed by atoms with van der Waals surface area (Å²) in [7, 11) is 0. The molecule has 0 fully saturated rings. The first-order chi connectivity index (χ1) is 9.11. The van der Waals surface area contributed by atoms with Gasteiger partial charge in [0.05, 0.1) is 6.42 Å². The summed E-state index contributed by atoms with van der Waals surface area (Å²) < 4.78 is 34.4. The summed E-state index contributed by atoms with van der Waals surface area (Å²) in [6.45, 7) is 7.96. The zero-order valence-electron chi connectivity index (χ0n) is 13.0. The molecule has 1 rings (SSSR count). The monoisotopic (exact) mass is 446 g/mol. The maximum Gasteiger partial charge on any atom is 0.390 e. The molecule has 6 heteroatoms. The Morgan fingerprint density at radius 2 is 1.54 bits per heavy atom. The van der Waals surface area contributed by atoms with Gasteiger partial charge in [-0.2, -0.15) is 13.2 Å². The van der Waals surface area contributed by atoms with Gasteiger partial charge in [-0.05, 0) is 23.6 Å². The van der Waals surface area contributed by atoms with E-state index < -0.39 is 12.6 Å². The van der Waals surface area contributed by atoms with Crippen molar-refractivity contribution in [1.29, 1.82) is 0 Å². The zero-order chi connectivity index (χ0) is 15.8. The van der Waals surface area contributed by atoms with Crippen LogP contribution in [0.25, 0.3) is 0 Å². The van der Waals surface area contributed by atoms with Crippen molar-refractivity contribution in [3.8, 4) is 0 Å². The molecule has 1 aromatic rings. The third-order valence-corrected chi connectivity index (χ3v) is 2.71. The Kier molecular flexibility index (Phi) is 26.8. The molecular weight excluding hydrogens is 412 g/mol. The quantitative estimate of drug-likeness (QED) is 0.511. The van der Waals surface area contributed by atoms with Crippen LogP contribution in [0.4, 0.5) is 13.2 Å². The first-order valence-electron chi connectivity index (χ1n) is 6.67. The number of rotatable bonds is 4. The van der Waals surface area contributed by atoms with Crippen LogP contribution in [0, 0.1) is 0 Å². The van der Waals surface area contributed by atoms with Crippen LogP contribution in [0.1, 0.15) is 67.9 Å². The van der Waals surface area contributed by atoms with E-state index in [4.69, 9.17) is 11.6 Å². The fourth-order valence-corrected chi connectivity index (χ4v) is 1.57. The van der Waals surface area contributed by atoms with E-state index in [0.717, 1.165) is 5.02 Å². The van der Waals surface area contributed by atoms with Crippen LogP contribution in [-0.4, -0.2) is 18.8 Å². The van der Waals surface area contributed by atoms with Crippen LogP contribution in [0.2, 0.25) is 5.02 Å². The van der Waals surface area contributed by atoms with E-state index in [1.165, 1.54) is 5.56 Å². The van der Waals surface area contributed by atoms with Crippen LogP contribution in [0.3, 0.4) is 0 Å². The minimum atomic E-state index is -4.03. The molecule has 1 aromatic carbocycles. The second-order valence-corrected chi connectivity index (χ2v) is 5.62. The van der Waals surface area contributed by atoms with Crippen molar-refractivity contribution in [2.45, 2.75) is 74.5 Å². The van der Waals surface area contributed by atoms with Crippen LogP contribution >= 0.6 is 11.6 Å². The van der Waals surface area contributed by atoms with Crippen molar-refractivity contribution in [2.24, 2.45) is 0 Å². The normalized spacial score (nSPS) is 9.58. The predicted octanol–water partition coefficient (Wildman–Crippen LogP) is 7.31. The molecular formula is C18H35ClF3NY. The predicted molar refractivity (Wildman–Crippen MR) is 99.5 cm³/mol. The molecule has 0 aromatic heterocycles. The molecule has 0 unspecified atom stereocenters. The average Bonchev–Trinajstić information content (AvgIpc) is 2.27. The van der Waals surface area contributed by atoms with Gasteiger partial charge in [0.15, 0.2) is 0 Å². The number of hydrogen-bond donors (Lipinski definition) is 1. The zero-order valence-corrected chi connectivity index (χ0v) is 16.6. The van der Waals surface area contributed by atoms with Gasteiger partial charge in [-0.15, -0.1) is 0 Å². The fourth-order valence-electron chi connectivity index (χ4n) is 1.37. The van der Waals surface area contributed by atoms with E-state index in [1.54, 1.807) is 0 Å². The van der Waals surface area contributed by atoms with Gasteiger partial charge < -0.3 is 5.32 Å². The van der Waals surface area contributed by atoms with Crippen molar-refractivity contribution in [3.63, 3.8) is 0 Å². The Balaban J connectivity index is -0.0000000860. The Bertz CT molecular complexity index is 383. The summed E-state index contributed by atoms with van der Waals surface area (Å²) >= 11 is 5.79. The minimum absolute atomic E-state index is 0. The van der Waals surface area contributed by atoms with E-state index in [1.807, 2.05) is 32.0 Å². The number of nitrogens with one attached hydrogen (secondary N) is 1. The molecule has 0 saturated heterocycles. The molecule has 0 bridgehead atoms. The maximum absolute atomic E-state index is 11.5. The molecule has 0 aliphatic heterocycles. The van der Waals surface area contributed by atoms with Crippen LogP contribution in [0.5, 0.6) is 0 Å². The molecule has 1 N–H and O–H groups in total. The van der Waals surface area contributed by atoms with Gasteiger partial charge in [0, 0.05) is 50.3 Å². The van der Waals surface area contributed by atoms with Crippen molar-refractivity contribution in [3.05, 3.63) is 34.9 Å². The first-order valence-corrected chi connectivity index (χ1v) is 7.05. The first kappa shape index (κ1) is 35.5. The maximum atomic E-state index is 11.5. The standard InChI is InChI=1S/C9H11Cl.C6H12F3N.3CH4.Y/c1-7(2)8-4-3-5-9(10)6-8;1-5(2)10-4-3-6(7,8)9;;;;/h3-7H,1-2H3;5,10H,3-4H2,1-2H3;3*1H4;. The van der Waals surface area contributed by atoms with E-state index in [2.05, 4.69) is 25.2 Å². The smallest absolute Gasteiger partial charge is 0.314 e. The summed E-state index contributed by atoms with van der Waals surface area (Å²) in [6, 6.07) is 8.11. The van der Waals surface area contributed by atoms with Crippen molar-refractivity contribution < 1.29 is 45.9 Å². The number of alkyl halides is 3. The molecule has 143 valence electrons. The van der Waals surface area contributed by atoms with Gasteiger partial charge >= 0.3 is 6.18 Å². The largest absolute Gasteiger partial charge is 0.390 e. The summed E-state index contributed by atoms with van der Waals surface area (Å²) in [6.07, 6.45) is -4.77. The third kappa shape index (κ3) is 22.4. The van der Waals surface area contributed by atoms with E-state index in [9.17, 15) is 13.2 Å². The molecule has 0 heterocycles. The van der Waals surface area contributed by atoms with Crippen molar-refractivity contribution >= 4 is 11.6 Å². The molecule has 24 heavy (non-hydrogen) atoms. The van der Waals surface area contributed by atoms with Crippen LogP contribution in [0.15, 0.2) is 24.3 Å². The van der Waals surface area contributed by atoms with E-state index in [0.29, 0.717) is 5.92 Å². The Morgan fingerprint density at radius 3 is 1.83 bits per heavy atom. The van der Waals surface area contributed by atoms with Crippen LogP contribution < -0.4 is 5.32 Å². The van der Waals surface area contributed by atoms with Crippen LogP contribution in [-0.2, 0) is 32.7 Å². The molecule has 0 spiro atoms. The molecule has 0 aliphatic carbocycles. The van der Waals surface area contributed by atoms with E-state index in [-0.39, 0.29) is 67.6 Å². The number of halogens is 4. The second kappa shape index (κ2) is 18.2. The SMILES string of the molecule is C.C.C.CC(C)NCCC(F)(F)F.CC(C)c1cccc(Cl)c1.[Y].